The quantitative estimate of drug-likeness (QED) is 0.749. The maximum Gasteiger partial charge on any atom is 0.243 e. The van der Waals surface area contributed by atoms with E-state index in [9.17, 15) is 14.0 Å². The van der Waals surface area contributed by atoms with Crippen molar-refractivity contribution in [2.24, 2.45) is 11.3 Å². The van der Waals surface area contributed by atoms with Crippen molar-refractivity contribution in [3.63, 3.8) is 0 Å². The Hall–Kier alpha value is -2.63. The van der Waals surface area contributed by atoms with E-state index in [0.29, 0.717) is 18.9 Å². The zero-order chi connectivity index (χ0) is 20.7. The highest BCUT2D eigenvalue weighted by Crippen LogP contribution is 2.21. The van der Waals surface area contributed by atoms with Gasteiger partial charge in [0.1, 0.15) is 17.6 Å². The Morgan fingerprint density at radius 1 is 1.25 bits per heavy atom. The van der Waals surface area contributed by atoms with Crippen LogP contribution in [0.5, 0.6) is 5.75 Å². The molecule has 2 N–H and O–H groups in total. The molecule has 1 aromatic rings. The maximum atomic E-state index is 13.2. The van der Waals surface area contributed by atoms with Crippen molar-refractivity contribution in [3.8, 4) is 5.75 Å². The van der Waals surface area contributed by atoms with Crippen LogP contribution in [-0.2, 0) is 16.1 Å². The van der Waals surface area contributed by atoms with Gasteiger partial charge in [-0.1, -0.05) is 39.0 Å². The molecule has 6 heteroatoms. The topological polar surface area (TPSA) is 67.4 Å². The summed E-state index contributed by atoms with van der Waals surface area (Å²) < 4.78 is 18.9. The lowest BCUT2D eigenvalue weighted by Gasteiger charge is -2.30. The smallest absolute Gasteiger partial charge is 0.243 e. The van der Waals surface area contributed by atoms with Gasteiger partial charge in [0.05, 0.1) is 6.61 Å². The average molecular weight is 388 g/mol. The first kappa shape index (κ1) is 21.7. The van der Waals surface area contributed by atoms with E-state index in [4.69, 9.17) is 4.74 Å². The van der Waals surface area contributed by atoms with E-state index in [1.807, 2.05) is 45.0 Å². The average Bonchev–Trinajstić information content (AvgIpc) is 2.62. The van der Waals surface area contributed by atoms with Gasteiger partial charge < -0.3 is 15.4 Å². The predicted octanol–water partition coefficient (Wildman–Crippen LogP) is 3.66. The van der Waals surface area contributed by atoms with Gasteiger partial charge in [-0.2, -0.15) is 0 Å². The molecule has 0 heterocycles. The molecule has 1 aliphatic carbocycles. The molecule has 152 valence electrons. The van der Waals surface area contributed by atoms with E-state index in [0.717, 1.165) is 12.0 Å². The minimum atomic E-state index is -0.606. The summed E-state index contributed by atoms with van der Waals surface area (Å²) in [6.07, 6.45) is 5.61. The third-order valence-corrected chi connectivity index (χ3v) is 4.44. The van der Waals surface area contributed by atoms with Gasteiger partial charge in [0.25, 0.3) is 0 Å². The number of ether oxygens (including phenoxy) is 1. The van der Waals surface area contributed by atoms with Crippen LogP contribution in [0.15, 0.2) is 48.3 Å². The highest BCUT2D eigenvalue weighted by Gasteiger charge is 2.31. The first-order valence-electron chi connectivity index (χ1n) is 9.45. The molecular weight excluding hydrogens is 359 g/mol. The first-order valence-corrected chi connectivity index (χ1v) is 9.45. The molecule has 0 aromatic heterocycles. The SMILES string of the molecule is CC(=O)N[C@@H](C(=O)NCc1ccc(OCC2C=C(F)C=CC2)cc1)C(C)(C)C. The van der Waals surface area contributed by atoms with Crippen LogP contribution in [0, 0.1) is 11.3 Å². The number of hydrogen-bond acceptors (Lipinski definition) is 3. The summed E-state index contributed by atoms with van der Waals surface area (Å²) in [5, 5.41) is 5.58. The second-order valence-electron chi connectivity index (χ2n) is 8.12. The molecular formula is C22H29FN2O3. The Morgan fingerprint density at radius 3 is 2.50 bits per heavy atom. The van der Waals surface area contributed by atoms with Crippen molar-refractivity contribution < 1.29 is 18.7 Å². The zero-order valence-electron chi connectivity index (χ0n) is 16.9. The molecule has 0 spiro atoms. The zero-order valence-corrected chi connectivity index (χ0v) is 16.9. The molecule has 28 heavy (non-hydrogen) atoms. The molecule has 0 saturated carbocycles. The Labute approximate surface area is 166 Å². The van der Waals surface area contributed by atoms with E-state index in [2.05, 4.69) is 10.6 Å². The summed E-state index contributed by atoms with van der Waals surface area (Å²) in [7, 11) is 0. The van der Waals surface area contributed by atoms with Crippen LogP contribution < -0.4 is 15.4 Å². The minimum Gasteiger partial charge on any atom is -0.493 e. The summed E-state index contributed by atoms with van der Waals surface area (Å²) in [5.41, 5.74) is 0.526. The Morgan fingerprint density at radius 2 is 1.93 bits per heavy atom. The van der Waals surface area contributed by atoms with Crippen molar-refractivity contribution in [1.29, 1.82) is 0 Å². The molecule has 0 bridgehead atoms. The molecule has 0 radical (unpaired) electrons. The summed E-state index contributed by atoms with van der Waals surface area (Å²) >= 11 is 0. The van der Waals surface area contributed by atoms with E-state index in [-0.39, 0.29) is 23.6 Å². The number of carbonyl (C=O) groups is 2. The van der Waals surface area contributed by atoms with Crippen LogP contribution in [0.1, 0.15) is 39.7 Å². The summed E-state index contributed by atoms with van der Waals surface area (Å²) in [5.74, 6) is 0.0528. The summed E-state index contributed by atoms with van der Waals surface area (Å²) in [4.78, 5) is 23.9. The molecule has 1 unspecified atom stereocenters. The summed E-state index contributed by atoms with van der Waals surface area (Å²) in [6, 6.07) is 6.80. The largest absolute Gasteiger partial charge is 0.493 e. The first-order chi connectivity index (χ1) is 13.1. The molecule has 1 aliphatic rings. The number of amides is 2. The van der Waals surface area contributed by atoms with Crippen LogP contribution >= 0.6 is 0 Å². The molecule has 1 aromatic carbocycles. The third kappa shape index (κ3) is 6.83. The Kier molecular flexibility index (Phi) is 7.38. The van der Waals surface area contributed by atoms with Crippen molar-refractivity contribution in [2.45, 2.75) is 46.7 Å². The summed E-state index contributed by atoms with van der Waals surface area (Å²) in [6.45, 7) is 7.89. The van der Waals surface area contributed by atoms with Gasteiger partial charge in [-0.25, -0.2) is 4.39 Å². The molecule has 0 fully saturated rings. The Balaban J connectivity index is 1.85. The van der Waals surface area contributed by atoms with E-state index >= 15 is 0 Å². The van der Waals surface area contributed by atoms with Crippen LogP contribution in [0.4, 0.5) is 4.39 Å². The van der Waals surface area contributed by atoms with Gasteiger partial charge >= 0.3 is 0 Å². The van der Waals surface area contributed by atoms with Gasteiger partial charge in [-0.3, -0.25) is 9.59 Å². The van der Waals surface area contributed by atoms with Gasteiger partial charge in [0.2, 0.25) is 11.8 Å². The highest BCUT2D eigenvalue weighted by molar-refractivity contribution is 5.87. The number of halogens is 1. The monoisotopic (exact) mass is 388 g/mol. The number of nitrogens with one attached hydrogen (secondary N) is 2. The second-order valence-corrected chi connectivity index (χ2v) is 8.12. The van der Waals surface area contributed by atoms with Gasteiger partial charge in [-0.05, 0) is 41.7 Å². The van der Waals surface area contributed by atoms with Crippen molar-refractivity contribution >= 4 is 11.8 Å². The van der Waals surface area contributed by atoms with E-state index in [1.54, 1.807) is 12.2 Å². The van der Waals surface area contributed by atoms with E-state index < -0.39 is 11.5 Å². The highest BCUT2D eigenvalue weighted by atomic mass is 19.1. The Bertz CT molecular complexity index is 748. The molecule has 0 saturated heterocycles. The van der Waals surface area contributed by atoms with Gasteiger partial charge in [0, 0.05) is 19.4 Å². The lowest BCUT2D eigenvalue weighted by molar-refractivity contribution is -0.130. The molecule has 2 atom stereocenters. The van der Waals surface area contributed by atoms with Crippen LogP contribution in [0.2, 0.25) is 0 Å². The number of carbonyl (C=O) groups excluding carboxylic acids is 2. The van der Waals surface area contributed by atoms with Crippen molar-refractivity contribution in [3.05, 3.63) is 53.9 Å². The fraction of sp³-hybridized carbons (Fsp3) is 0.455. The van der Waals surface area contributed by atoms with Crippen LogP contribution in [-0.4, -0.2) is 24.5 Å². The minimum absolute atomic E-state index is 0.0343. The predicted molar refractivity (Wildman–Crippen MR) is 107 cm³/mol. The fourth-order valence-corrected chi connectivity index (χ4v) is 2.90. The lowest BCUT2D eigenvalue weighted by atomic mass is 9.86. The van der Waals surface area contributed by atoms with Crippen LogP contribution in [0.25, 0.3) is 0 Å². The van der Waals surface area contributed by atoms with Gasteiger partial charge in [0.15, 0.2) is 0 Å². The molecule has 2 rings (SSSR count). The number of benzene rings is 1. The van der Waals surface area contributed by atoms with Gasteiger partial charge in [-0.15, -0.1) is 0 Å². The standard InChI is InChI=1S/C22H29FN2O3/c1-15(26)25-20(22(2,3)4)21(27)24-13-16-8-10-19(11-9-16)28-14-17-6-5-7-18(23)12-17/h5,7-12,17,20H,6,13-14H2,1-4H3,(H,24,27)(H,25,26)/t17?,20-/m0/s1. The van der Waals surface area contributed by atoms with Crippen LogP contribution in [0.3, 0.4) is 0 Å². The number of allylic oxidation sites excluding steroid dienone is 3. The second kappa shape index (κ2) is 9.53. The lowest BCUT2D eigenvalue weighted by Crippen LogP contribution is -2.52. The molecule has 0 aliphatic heterocycles. The normalized spacial score (nSPS) is 17.5. The van der Waals surface area contributed by atoms with E-state index in [1.165, 1.54) is 13.0 Å². The number of rotatable bonds is 7. The fourth-order valence-electron chi connectivity index (χ4n) is 2.90. The van der Waals surface area contributed by atoms with Crippen molar-refractivity contribution in [2.75, 3.05) is 6.61 Å². The molecule has 5 nitrogen and oxygen atoms in total. The third-order valence-electron chi connectivity index (χ3n) is 4.44. The van der Waals surface area contributed by atoms with Crippen molar-refractivity contribution in [1.82, 2.24) is 10.6 Å². The maximum absolute atomic E-state index is 13.2. The molecule has 2 amide bonds. The number of hydrogen-bond donors (Lipinski definition) is 2.